The first-order chi connectivity index (χ1) is 13.5. The lowest BCUT2D eigenvalue weighted by Gasteiger charge is -2.26. The van der Waals surface area contributed by atoms with Crippen LogP contribution in [-0.4, -0.2) is 50.6 Å². The number of aromatic nitrogens is 3. The van der Waals surface area contributed by atoms with Crippen LogP contribution in [0, 0.1) is 5.82 Å². The second kappa shape index (κ2) is 11.5. The van der Waals surface area contributed by atoms with Crippen molar-refractivity contribution in [2.24, 2.45) is 5.73 Å². The van der Waals surface area contributed by atoms with E-state index in [1.165, 1.54) is 6.07 Å². The van der Waals surface area contributed by atoms with Gasteiger partial charge in [-0.25, -0.2) is 9.07 Å². The number of halogens is 1. The molecule has 4 N–H and O–H groups in total. The third-order valence-corrected chi connectivity index (χ3v) is 4.02. The maximum Gasteiger partial charge on any atom is 0.165 e. The Morgan fingerprint density at radius 3 is 2.93 bits per heavy atom. The fraction of sp³-hybridized carbons (Fsp3) is 0.500. The zero-order valence-electron chi connectivity index (χ0n) is 15.8. The molecule has 1 aromatic heterocycles. The van der Waals surface area contributed by atoms with Gasteiger partial charge in [0.05, 0.1) is 24.9 Å². The van der Waals surface area contributed by atoms with Gasteiger partial charge in [-0.05, 0) is 37.7 Å². The standard InChI is InChI=1S/C15H18FN3O3.C3H8N2S/c16-14-3-1-2-4-15(14)22-10-11-8-19(18-17-11)9-13-7-12(20)5-6-21-13;1-2-5-3(4)6/h1-4,8,12-13,20H,5-7,9-10H2;2H2,1H3,(H3,4,5,6). The minimum absolute atomic E-state index is 0.0641. The highest BCUT2D eigenvalue weighted by molar-refractivity contribution is 7.80. The molecule has 28 heavy (non-hydrogen) atoms. The molecule has 0 aliphatic carbocycles. The van der Waals surface area contributed by atoms with Gasteiger partial charge < -0.3 is 25.6 Å². The number of aliphatic hydroxyl groups excluding tert-OH is 1. The molecule has 0 amide bonds. The van der Waals surface area contributed by atoms with Crippen LogP contribution in [0.15, 0.2) is 30.5 Å². The Labute approximate surface area is 168 Å². The molecule has 0 bridgehead atoms. The van der Waals surface area contributed by atoms with E-state index in [0.717, 1.165) is 6.54 Å². The molecule has 1 aliphatic rings. The zero-order chi connectivity index (χ0) is 20.4. The van der Waals surface area contributed by atoms with Crippen LogP contribution < -0.4 is 15.8 Å². The summed E-state index contributed by atoms with van der Waals surface area (Å²) in [5, 5.41) is 20.7. The predicted molar refractivity (Wildman–Crippen MR) is 106 cm³/mol. The van der Waals surface area contributed by atoms with Crippen molar-refractivity contribution in [2.75, 3.05) is 13.2 Å². The minimum atomic E-state index is -0.403. The monoisotopic (exact) mass is 411 g/mol. The molecule has 10 heteroatoms. The number of nitrogens with one attached hydrogen (secondary N) is 1. The summed E-state index contributed by atoms with van der Waals surface area (Å²) in [6.07, 6.45) is 2.64. The highest BCUT2D eigenvalue weighted by Crippen LogP contribution is 2.17. The molecule has 154 valence electrons. The quantitative estimate of drug-likeness (QED) is 0.612. The summed E-state index contributed by atoms with van der Waals surface area (Å²) < 4.78 is 26.1. The van der Waals surface area contributed by atoms with E-state index in [1.54, 1.807) is 29.1 Å². The first-order valence-electron chi connectivity index (χ1n) is 9.07. The Morgan fingerprint density at radius 1 is 1.50 bits per heavy atom. The van der Waals surface area contributed by atoms with Crippen molar-refractivity contribution in [2.45, 2.75) is 45.1 Å². The Balaban J connectivity index is 0.000000409. The normalized spacial score (nSPS) is 18.7. The predicted octanol–water partition coefficient (Wildman–Crippen LogP) is 1.38. The lowest BCUT2D eigenvalue weighted by molar-refractivity contribution is -0.0512. The summed E-state index contributed by atoms with van der Waals surface area (Å²) in [7, 11) is 0. The van der Waals surface area contributed by atoms with Crippen molar-refractivity contribution in [3.8, 4) is 5.75 Å². The summed E-state index contributed by atoms with van der Waals surface area (Å²) in [6.45, 7) is 4.00. The molecule has 0 radical (unpaired) electrons. The smallest absolute Gasteiger partial charge is 0.165 e. The van der Waals surface area contributed by atoms with Crippen LogP contribution in [0.5, 0.6) is 5.75 Å². The van der Waals surface area contributed by atoms with Gasteiger partial charge in [0.25, 0.3) is 0 Å². The van der Waals surface area contributed by atoms with Crippen LogP contribution >= 0.6 is 12.2 Å². The number of para-hydroxylation sites is 1. The molecular formula is C18H26FN5O3S. The molecule has 2 unspecified atom stereocenters. The van der Waals surface area contributed by atoms with E-state index in [0.29, 0.717) is 36.8 Å². The molecule has 1 saturated heterocycles. The van der Waals surface area contributed by atoms with Crippen LogP contribution in [0.3, 0.4) is 0 Å². The maximum absolute atomic E-state index is 13.4. The van der Waals surface area contributed by atoms with Crippen LogP contribution in [0.4, 0.5) is 4.39 Å². The molecule has 0 spiro atoms. The molecule has 2 atom stereocenters. The Bertz CT molecular complexity index is 746. The number of nitrogens with two attached hydrogens (primary N) is 1. The van der Waals surface area contributed by atoms with E-state index in [9.17, 15) is 9.50 Å². The van der Waals surface area contributed by atoms with Gasteiger partial charge in [0, 0.05) is 19.6 Å². The van der Waals surface area contributed by atoms with E-state index >= 15 is 0 Å². The van der Waals surface area contributed by atoms with Crippen molar-refractivity contribution in [3.05, 3.63) is 42.0 Å². The first kappa shape index (κ1) is 22.0. The van der Waals surface area contributed by atoms with E-state index in [-0.39, 0.29) is 24.6 Å². The van der Waals surface area contributed by atoms with E-state index in [4.69, 9.17) is 15.2 Å². The molecule has 2 heterocycles. The Kier molecular flexibility index (Phi) is 9.05. The van der Waals surface area contributed by atoms with Crippen molar-refractivity contribution in [1.82, 2.24) is 20.3 Å². The molecular weight excluding hydrogens is 385 g/mol. The summed E-state index contributed by atoms with van der Waals surface area (Å²) in [5.74, 6) is -0.213. The minimum Gasteiger partial charge on any atom is -0.484 e. The number of benzene rings is 1. The van der Waals surface area contributed by atoms with Crippen molar-refractivity contribution in [1.29, 1.82) is 0 Å². The summed E-state index contributed by atoms with van der Waals surface area (Å²) >= 11 is 4.46. The summed E-state index contributed by atoms with van der Waals surface area (Å²) in [4.78, 5) is 0. The number of thiocarbonyl (C=S) groups is 1. The summed E-state index contributed by atoms with van der Waals surface area (Å²) in [6, 6.07) is 6.23. The van der Waals surface area contributed by atoms with Crippen molar-refractivity contribution >= 4 is 17.3 Å². The van der Waals surface area contributed by atoms with Crippen LogP contribution in [0.1, 0.15) is 25.5 Å². The number of rotatable bonds is 6. The Morgan fingerprint density at radius 2 is 2.29 bits per heavy atom. The molecule has 3 rings (SSSR count). The van der Waals surface area contributed by atoms with E-state index in [2.05, 4.69) is 27.8 Å². The number of aliphatic hydroxyl groups is 1. The first-order valence-corrected chi connectivity index (χ1v) is 9.48. The lowest BCUT2D eigenvalue weighted by Crippen LogP contribution is -2.32. The highest BCUT2D eigenvalue weighted by atomic mass is 32.1. The van der Waals surface area contributed by atoms with Gasteiger partial charge in [-0.3, -0.25) is 0 Å². The summed E-state index contributed by atoms with van der Waals surface area (Å²) in [5.41, 5.74) is 5.63. The van der Waals surface area contributed by atoms with Crippen molar-refractivity contribution < 1.29 is 19.0 Å². The third kappa shape index (κ3) is 7.75. The lowest BCUT2D eigenvalue weighted by atomic mass is 10.1. The van der Waals surface area contributed by atoms with Gasteiger partial charge in [-0.15, -0.1) is 5.10 Å². The molecule has 2 aromatic rings. The number of hydrogen-bond donors (Lipinski definition) is 3. The molecule has 8 nitrogen and oxygen atoms in total. The van der Waals surface area contributed by atoms with Crippen LogP contribution in [0.2, 0.25) is 0 Å². The van der Waals surface area contributed by atoms with Gasteiger partial charge >= 0.3 is 0 Å². The average molecular weight is 412 g/mol. The number of hydrogen-bond acceptors (Lipinski definition) is 6. The molecule has 1 aliphatic heterocycles. The zero-order valence-corrected chi connectivity index (χ0v) is 16.6. The topological polar surface area (TPSA) is 107 Å². The second-order valence-corrected chi connectivity index (χ2v) is 6.66. The largest absolute Gasteiger partial charge is 0.484 e. The number of ether oxygens (including phenoxy) is 2. The molecule has 0 saturated carbocycles. The molecule has 1 aromatic carbocycles. The Hall–Kier alpha value is -2.30. The van der Waals surface area contributed by atoms with Crippen molar-refractivity contribution in [3.63, 3.8) is 0 Å². The van der Waals surface area contributed by atoms with Crippen LogP contribution in [0.25, 0.3) is 0 Å². The fourth-order valence-corrected chi connectivity index (χ4v) is 2.72. The van der Waals surface area contributed by atoms with Crippen LogP contribution in [-0.2, 0) is 17.9 Å². The fourth-order valence-electron chi connectivity index (χ4n) is 2.58. The van der Waals surface area contributed by atoms with Gasteiger partial charge in [0.1, 0.15) is 12.3 Å². The van der Waals surface area contributed by atoms with Gasteiger partial charge in [0.2, 0.25) is 0 Å². The average Bonchev–Trinajstić information content (AvgIpc) is 3.09. The van der Waals surface area contributed by atoms with Gasteiger partial charge in [-0.2, -0.15) is 0 Å². The SMILES string of the molecule is CCNC(N)=S.OC1CCOC(Cn2cc(COc3ccccc3F)nn2)C1. The van der Waals surface area contributed by atoms with Gasteiger partial charge in [0.15, 0.2) is 16.7 Å². The second-order valence-electron chi connectivity index (χ2n) is 6.22. The van der Waals surface area contributed by atoms with E-state index < -0.39 is 5.82 Å². The van der Waals surface area contributed by atoms with E-state index in [1.807, 2.05) is 6.92 Å². The number of nitrogens with zero attached hydrogens (tertiary/aromatic N) is 3. The third-order valence-electron chi connectivity index (χ3n) is 3.88. The van der Waals surface area contributed by atoms with Gasteiger partial charge in [-0.1, -0.05) is 17.3 Å². The molecule has 1 fully saturated rings. The maximum atomic E-state index is 13.4. The highest BCUT2D eigenvalue weighted by Gasteiger charge is 2.21.